The Balaban J connectivity index is 1.05. The number of aromatic nitrogens is 4. The van der Waals surface area contributed by atoms with Gasteiger partial charge in [-0.2, -0.15) is 38.1 Å². The summed E-state index contributed by atoms with van der Waals surface area (Å²) in [5.41, 5.74) is 5.34. The number of aromatic hydroxyl groups is 1. The van der Waals surface area contributed by atoms with E-state index in [4.69, 9.17) is 5.73 Å². The van der Waals surface area contributed by atoms with E-state index in [1.165, 1.54) is 74.2 Å². The monoisotopic (exact) mass is 2030 g/mol. The molecule has 3 fully saturated rings. The number of phenols is 1. The van der Waals surface area contributed by atoms with E-state index in [2.05, 4.69) is 73.4 Å². The van der Waals surface area contributed by atoms with Crippen LogP contribution in [0.3, 0.4) is 0 Å². The van der Waals surface area contributed by atoms with E-state index in [9.17, 15) is 70.1 Å². The number of hydrogen-bond acceptors (Lipinski definition) is 22. The van der Waals surface area contributed by atoms with Gasteiger partial charge in [-0.15, -0.1) is 0 Å². The Morgan fingerprint density at radius 1 is 0.535 bits per heavy atom. The first-order chi connectivity index (χ1) is 68.2. The van der Waals surface area contributed by atoms with Gasteiger partial charge >= 0.3 is 18.3 Å². The fourth-order valence-electron chi connectivity index (χ4n) is 17.6. The standard InChI is InChI=1S/C98H127F6N21O18S/c1-11-13-24-74-88(135)112-66(41-54(3)4)85(132)106-37-40-144-53-81(128)111-69(43-57-29-33-62(126)34-30-57)92(139)120(8)56(7)84(131)114-71(46-78(105)127)95(142)125-39-20-28-76(125)90(137)117-72(50-110-79-35-31-60(48-108-79)97(99,100)101)87(134)115-68(42-55(5)6)94(141)124-38-19-27-75(124)89(136)113-67(44-58-47-107-65-23-17-15-21-63(58)65)86(133)119-83(118-80-36-32-61(49-109-80)98(102,103)104)91(138)116-70(93(140)122(10)77(25-14-12-2)96(143)121(74)9)45-59-51-123(52-82(129)130)73-26-18-16-22-64(59)73/h15-18,21-23,26,29-36,47-49,51,54-56,66-72,74-77,83,107,126H,11-14,19-20,24-25,27-28,37-46,50,52-53H2,1-10H3,(H2,105,127)(H,106,132)(H,108,110)(H,109,118)(H,111,128)(H,112,135)(H,113,136)(H,114,131)(H,115,134)(H,116,138)(H,117,137)(H,119,133)(H,129,130)/t56-,66-,67-,68-,69-,70-,71-,72-,74-,75?,76?,77-,83?/m0/s1. The van der Waals surface area contributed by atoms with Crippen molar-refractivity contribution in [2.24, 2.45) is 17.6 Å². The molecule has 39 nitrogen and oxygen atoms in total. The molecule has 3 aliphatic heterocycles. The number of carboxylic acids is 1. The Morgan fingerprint density at radius 3 is 1.65 bits per heavy atom. The van der Waals surface area contributed by atoms with Gasteiger partial charge in [0.15, 0.2) is 6.17 Å². The average molecular weight is 2030 g/mol. The quantitative estimate of drug-likeness (QED) is 0.0313. The van der Waals surface area contributed by atoms with Crippen LogP contribution in [0.5, 0.6) is 5.75 Å². The van der Waals surface area contributed by atoms with E-state index in [0.29, 0.717) is 76.7 Å². The van der Waals surface area contributed by atoms with Gasteiger partial charge in [0.05, 0.1) is 23.3 Å². The van der Waals surface area contributed by atoms with E-state index < -0.39 is 241 Å². The van der Waals surface area contributed by atoms with Crippen LogP contribution in [0.15, 0.2) is 122 Å². The summed E-state index contributed by atoms with van der Waals surface area (Å²) in [5.74, 6) is -17.4. The minimum absolute atomic E-state index is 0.0344. The van der Waals surface area contributed by atoms with Gasteiger partial charge in [0.1, 0.15) is 96.4 Å². The van der Waals surface area contributed by atoms with Gasteiger partial charge < -0.3 is 108 Å². The molecule has 3 saturated heterocycles. The molecule has 3 aromatic carbocycles. The molecule has 46 heteroatoms. The van der Waals surface area contributed by atoms with Crippen LogP contribution in [0.1, 0.15) is 160 Å². The van der Waals surface area contributed by atoms with E-state index in [1.54, 1.807) is 62.4 Å². The number of benzene rings is 3. The molecule has 0 spiro atoms. The van der Waals surface area contributed by atoms with Crippen molar-refractivity contribution >= 4 is 140 Å². The number of halogens is 6. The minimum atomic E-state index is -4.94. The van der Waals surface area contributed by atoms with E-state index in [-0.39, 0.29) is 118 Å². The molecule has 144 heavy (non-hydrogen) atoms. The number of carbonyl (C=O) groups is 16. The van der Waals surface area contributed by atoms with Crippen LogP contribution in [-0.2, 0) is 115 Å². The number of nitrogens with zero attached hydrogens (tertiary/aromatic N) is 8. The van der Waals surface area contributed by atoms with Gasteiger partial charge in [0, 0.05) is 119 Å². The number of unbranched alkanes of at least 4 members (excludes halogenated alkanes) is 2. The topological polar surface area (TPSA) is 535 Å². The number of likely N-dealkylation sites (N-methyl/N-ethyl adjacent to an activating group) is 3. The maximum absolute atomic E-state index is 16.1. The first-order valence-corrected chi connectivity index (χ1v) is 49.0. The Hall–Kier alpha value is -14.1. The fraction of sp³-hybridized carbons (Fsp3) is 0.510. The number of para-hydroxylation sites is 2. The minimum Gasteiger partial charge on any atom is -0.508 e. The number of primary amides is 1. The number of carbonyl (C=O) groups excluding carboxylic acids is 15. The number of H-pyrrole nitrogens is 1. The molecule has 780 valence electrons. The molecule has 3 aliphatic rings. The summed E-state index contributed by atoms with van der Waals surface area (Å²) in [6.07, 6.45) is -8.59. The number of aliphatic carboxylic acids is 1. The van der Waals surface area contributed by atoms with Crippen molar-refractivity contribution in [1.82, 2.24) is 91.9 Å². The normalized spacial score (nSPS) is 23.2. The zero-order chi connectivity index (χ0) is 105. The molecular formula is C98H127F6N21O18S. The van der Waals surface area contributed by atoms with Gasteiger partial charge in [-0.25, -0.2) is 9.97 Å². The van der Waals surface area contributed by atoms with Crippen LogP contribution in [0.2, 0.25) is 0 Å². The number of rotatable bonds is 25. The second kappa shape index (κ2) is 51.2. The number of thioether (sulfide) groups is 1. The molecule has 15 amide bonds. The smallest absolute Gasteiger partial charge is 0.417 e. The lowest BCUT2D eigenvalue weighted by atomic mass is 9.99. The molecule has 13 atom stereocenters. The Kier molecular flexibility index (Phi) is 39.8. The maximum Gasteiger partial charge on any atom is 0.417 e. The third-order valence-electron chi connectivity index (χ3n) is 25.4. The summed E-state index contributed by atoms with van der Waals surface area (Å²) in [6.45, 7) is 10.2. The summed E-state index contributed by atoms with van der Waals surface area (Å²) in [5, 5.41) is 51.0. The van der Waals surface area contributed by atoms with Crippen molar-refractivity contribution < 1.29 is 113 Å². The summed E-state index contributed by atoms with van der Waals surface area (Å²) in [7, 11) is 3.88. The molecule has 0 bridgehead atoms. The van der Waals surface area contributed by atoms with Crippen LogP contribution >= 0.6 is 11.8 Å². The summed E-state index contributed by atoms with van der Waals surface area (Å²) < 4.78 is 86.1. The molecular weight excluding hydrogens is 1910 g/mol. The fourth-order valence-corrected chi connectivity index (χ4v) is 18.3. The lowest BCUT2D eigenvalue weighted by molar-refractivity contribution is -0.149. The highest BCUT2D eigenvalue weighted by atomic mass is 32.2. The van der Waals surface area contributed by atoms with E-state index in [0.717, 1.165) is 43.5 Å². The largest absolute Gasteiger partial charge is 0.508 e. The number of anilines is 2. The number of phenolic OH excluding ortho intramolecular Hbond substituents is 1. The number of nitrogens with two attached hydrogens (primary N) is 1. The molecule has 0 radical (unpaired) electrons. The second-order valence-electron chi connectivity index (χ2n) is 37.1. The highest BCUT2D eigenvalue weighted by Gasteiger charge is 2.46. The zero-order valence-electron chi connectivity index (χ0n) is 81.7. The molecule has 3 unspecified atom stereocenters. The SMILES string of the molecule is CCCC[C@H]1C(=O)N(C)[C@@H](CCCC)C(=O)N[C@@H](CC(C)C)C(=O)NCCSCC(=O)N[C@@H](Cc2ccc(O)cc2)C(=O)N(C)[C@@H](C)C(=O)N[C@@H](CC(N)=O)C(=O)N2CCCC2C(=O)N[C@@H](CNc2ccc(C(F)(F)F)cn2)C(=O)N[C@@H](CC(C)C)C(=O)N2CCCC2C(=O)N[C@@H](Cc2c[nH]c3ccccc23)C(=O)NC(Nc2ccc(C(F)(F)F)cn2)C(=O)N[C@@H](Cc2cn(CC(=O)O)c3ccccc23)C(=O)N1C. The molecule has 4 aromatic heterocycles. The number of alkyl halides is 6. The number of hydrogen-bond donors (Lipinski definition) is 15. The summed E-state index contributed by atoms with van der Waals surface area (Å²) in [4.78, 5) is 255. The first-order valence-electron chi connectivity index (χ1n) is 47.9. The number of nitrogens with one attached hydrogen (secondary N) is 12. The molecule has 0 aliphatic carbocycles. The number of amides is 15. The van der Waals surface area contributed by atoms with Gasteiger partial charge in [0.25, 0.3) is 5.91 Å². The van der Waals surface area contributed by atoms with Crippen molar-refractivity contribution in [3.63, 3.8) is 0 Å². The van der Waals surface area contributed by atoms with Crippen LogP contribution in [-0.4, -0.2) is 286 Å². The van der Waals surface area contributed by atoms with Gasteiger partial charge in [-0.3, -0.25) is 76.7 Å². The molecule has 16 N–H and O–H groups in total. The predicted octanol–water partition coefficient (Wildman–Crippen LogP) is 5.52. The number of carboxylic acid groups (broad SMARTS) is 1. The van der Waals surface area contributed by atoms with Crippen molar-refractivity contribution in [3.05, 3.63) is 150 Å². The predicted molar refractivity (Wildman–Crippen MR) is 520 cm³/mol. The maximum atomic E-state index is 16.1. The van der Waals surface area contributed by atoms with Crippen LogP contribution < -0.4 is 64.2 Å². The third-order valence-corrected chi connectivity index (χ3v) is 26.4. The van der Waals surface area contributed by atoms with Crippen LogP contribution in [0.25, 0.3) is 21.8 Å². The lowest BCUT2D eigenvalue weighted by Crippen LogP contribution is -2.62. The number of fused-ring (bicyclic) bond motifs is 4. The lowest BCUT2D eigenvalue weighted by Gasteiger charge is -2.36. The Bertz CT molecular complexity index is 5730. The van der Waals surface area contributed by atoms with Crippen molar-refractivity contribution in [1.29, 1.82) is 0 Å². The van der Waals surface area contributed by atoms with Gasteiger partial charge in [0.2, 0.25) is 82.7 Å². The Labute approximate surface area is 832 Å². The van der Waals surface area contributed by atoms with Gasteiger partial charge in [-0.1, -0.05) is 116 Å². The molecule has 0 saturated carbocycles. The van der Waals surface area contributed by atoms with Crippen molar-refractivity contribution in [2.75, 3.05) is 69.5 Å². The summed E-state index contributed by atoms with van der Waals surface area (Å²) in [6, 6.07) is 3.32. The summed E-state index contributed by atoms with van der Waals surface area (Å²) >= 11 is 1.04. The first kappa shape index (κ1) is 112. The molecule has 7 aromatic rings. The van der Waals surface area contributed by atoms with E-state index >= 15 is 43.2 Å². The van der Waals surface area contributed by atoms with Crippen molar-refractivity contribution in [3.8, 4) is 5.75 Å². The number of pyridine rings is 2. The second-order valence-corrected chi connectivity index (χ2v) is 38.2. The molecule has 10 rings (SSSR count). The Morgan fingerprint density at radius 2 is 1.06 bits per heavy atom. The van der Waals surface area contributed by atoms with E-state index in [1.807, 2.05) is 27.7 Å². The van der Waals surface area contributed by atoms with Crippen LogP contribution in [0.4, 0.5) is 38.0 Å². The van der Waals surface area contributed by atoms with Crippen LogP contribution in [0, 0.1) is 11.8 Å². The van der Waals surface area contributed by atoms with Gasteiger partial charge in [-0.05, 0) is 135 Å². The third kappa shape index (κ3) is 30.5. The highest BCUT2D eigenvalue weighted by molar-refractivity contribution is 7.99. The zero-order valence-corrected chi connectivity index (χ0v) is 82.5. The highest BCUT2D eigenvalue weighted by Crippen LogP contribution is 2.33. The molecule has 7 heterocycles. The van der Waals surface area contributed by atoms with Crippen molar-refractivity contribution in [2.45, 2.75) is 249 Å². The number of aromatic amines is 1. The average Bonchev–Trinajstić information content (AvgIpc) is 1.61.